The van der Waals surface area contributed by atoms with E-state index in [2.05, 4.69) is 22.4 Å². The van der Waals surface area contributed by atoms with Gasteiger partial charge in [-0.3, -0.25) is 4.98 Å². The van der Waals surface area contributed by atoms with Crippen LogP contribution in [-0.4, -0.2) is 17.6 Å². The number of rotatable bonds is 1. The first-order chi connectivity index (χ1) is 6.92. The highest BCUT2D eigenvalue weighted by Crippen LogP contribution is 2.32. The largest absolute Gasteiger partial charge is 0.313 e. The van der Waals surface area contributed by atoms with Gasteiger partial charge in [-0.1, -0.05) is 12.1 Å². The van der Waals surface area contributed by atoms with Gasteiger partial charge < -0.3 is 5.32 Å². The van der Waals surface area contributed by atoms with Crippen LogP contribution in [0.3, 0.4) is 0 Å². The van der Waals surface area contributed by atoms with Gasteiger partial charge in [-0.2, -0.15) is 0 Å². The predicted molar refractivity (Wildman–Crippen MR) is 71.2 cm³/mol. The van der Waals surface area contributed by atoms with Crippen molar-refractivity contribution >= 4 is 30.4 Å². The first-order valence-corrected chi connectivity index (χ1v) is 5.26. The molecular formula is C12H16Cl2N2. The van der Waals surface area contributed by atoms with Gasteiger partial charge in [0.2, 0.25) is 0 Å². The maximum absolute atomic E-state index is 4.17. The van der Waals surface area contributed by atoms with Gasteiger partial charge in [-0.25, -0.2) is 0 Å². The molecule has 0 spiro atoms. The summed E-state index contributed by atoms with van der Waals surface area (Å²) in [5.41, 5.74) is 2.77. The van der Waals surface area contributed by atoms with Crippen molar-refractivity contribution in [2.75, 3.05) is 6.54 Å². The summed E-state index contributed by atoms with van der Waals surface area (Å²) in [5.74, 6) is 0.754. The molecule has 4 heteroatoms. The van der Waals surface area contributed by atoms with Crippen LogP contribution in [-0.2, 0) is 0 Å². The van der Waals surface area contributed by atoms with Gasteiger partial charge >= 0.3 is 0 Å². The van der Waals surface area contributed by atoms with E-state index < -0.39 is 0 Å². The number of halogens is 2. The van der Waals surface area contributed by atoms with Crippen LogP contribution < -0.4 is 5.32 Å². The Labute approximate surface area is 108 Å². The zero-order chi connectivity index (χ0) is 9.38. The average Bonchev–Trinajstić information content (AvgIpc) is 2.59. The number of hydrogen-bond donors (Lipinski definition) is 1. The fraction of sp³-hybridized carbons (Fsp3) is 0.417. The molecule has 2 nitrogen and oxygen atoms in total. The Morgan fingerprint density at radius 1 is 1.31 bits per heavy atom. The summed E-state index contributed by atoms with van der Waals surface area (Å²) in [7, 11) is 0. The van der Waals surface area contributed by atoms with Crippen molar-refractivity contribution in [1.29, 1.82) is 0 Å². The van der Waals surface area contributed by atoms with E-state index in [4.69, 9.17) is 0 Å². The second kappa shape index (κ2) is 5.67. The van der Waals surface area contributed by atoms with Crippen molar-refractivity contribution in [3.8, 4) is 0 Å². The van der Waals surface area contributed by atoms with Crippen LogP contribution in [0.2, 0.25) is 0 Å². The molecule has 0 amide bonds. The van der Waals surface area contributed by atoms with Crippen molar-refractivity contribution in [2.24, 2.45) is 5.92 Å². The van der Waals surface area contributed by atoms with Gasteiger partial charge in [0, 0.05) is 25.0 Å². The Bertz CT molecular complexity index is 365. The van der Waals surface area contributed by atoms with Gasteiger partial charge in [-0.05, 0) is 36.0 Å². The minimum atomic E-state index is 0. The van der Waals surface area contributed by atoms with Crippen LogP contribution in [0, 0.1) is 5.92 Å². The first kappa shape index (κ1) is 13.5. The molecule has 1 fully saturated rings. The molecule has 1 aliphatic carbocycles. The van der Waals surface area contributed by atoms with Crippen LogP contribution in [0.1, 0.15) is 18.4 Å². The molecule has 16 heavy (non-hydrogen) atoms. The SMILES string of the molecule is C1=C(c2cccnc2)C[C@H]2C[C@@H]1CN2.Cl.Cl. The fourth-order valence-corrected chi connectivity index (χ4v) is 2.52. The lowest BCUT2D eigenvalue weighted by molar-refractivity contribution is 0.596. The van der Waals surface area contributed by atoms with Crippen molar-refractivity contribution < 1.29 is 0 Å². The summed E-state index contributed by atoms with van der Waals surface area (Å²) in [6.45, 7) is 1.16. The molecule has 2 bridgehead atoms. The molecular weight excluding hydrogens is 243 g/mol. The minimum Gasteiger partial charge on any atom is -0.313 e. The summed E-state index contributed by atoms with van der Waals surface area (Å²) in [4.78, 5) is 4.17. The van der Waals surface area contributed by atoms with Crippen molar-refractivity contribution in [3.63, 3.8) is 0 Å². The van der Waals surface area contributed by atoms with Crippen LogP contribution >= 0.6 is 24.8 Å². The molecule has 2 heterocycles. The molecule has 0 unspecified atom stereocenters. The molecule has 1 saturated heterocycles. The molecule has 2 atom stereocenters. The summed E-state index contributed by atoms with van der Waals surface area (Å²) >= 11 is 0. The third-order valence-corrected chi connectivity index (χ3v) is 3.19. The molecule has 1 aromatic heterocycles. The molecule has 1 N–H and O–H groups in total. The van der Waals surface area contributed by atoms with E-state index in [-0.39, 0.29) is 24.8 Å². The monoisotopic (exact) mass is 258 g/mol. The van der Waals surface area contributed by atoms with E-state index in [0.29, 0.717) is 6.04 Å². The highest BCUT2D eigenvalue weighted by Gasteiger charge is 2.28. The molecule has 0 radical (unpaired) electrons. The number of nitrogens with one attached hydrogen (secondary N) is 1. The Balaban J connectivity index is 0.000000640. The van der Waals surface area contributed by atoms with Crippen LogP contribution in [0.15, 0.2) is 30.6 Å². The number of aromatic nitrogens is 1. The lowest BCUT2D eigenvalue weighted by atomic mass is 9.88. The summed E-state index contributed by atoms with van der Waals surface area (Å²) < 4.78 is 0. The lowest BCUT2D eigenvalue weighted by Gasteiger charge is -2.18. The summed E-state index contributed by atoms with van der Waals surface area (Å²) in [6.07, 6.45) is 8.72. The second-order valence-corrected chi connectivity index (χ2v) is 4.24. The van der Waals surface area contributed by atoms with Crippen molar-refractivity contribution in [3.05, 3.63) is 36.2 Å². The van der Waals surface area contributed by atoms with Crippen molar-refractivity contribution in [2.45, 2.75) is 18.9 Å². The average molecular weight is 259 g/mol. The summed E-state index contributed by atoms with van der Waals surface area (Å²) in [6, 6.07) is 4.88. The molecule has 1 aromatic rings. The Morgan fingerprint density at radius 2 is 2.19 bits per heavy atom. The quantitative estimate of drug-likeness (QED) is 0.838. The van der Waals surface area contributed by atoms with E-state index in [1.165, 1.54) is 24.0 Å². The van der Waals surface area contributed by atoms with Crippen LogP contribution in [0.25, 0.3) is 5.57 Å². The smallest absolute Gasteiger partial charge is 0.0342 e. The topological polar surface area (TPSA) is 24.9 Å². The first-order valence-electron chi connectivity index (χ1n) is 5.26. The normalized spacial score (nSPS) is 26.4. The van der Waals surface area contributed by atoms with E-state index in [0.717, 1.165) is 12.5 Å². The Kier molecular flexibility index (Phi) is 4.78. The maximum atomic E-state index is 4.17. The highest BCUT2D eigenvalue weighted by molar-refractivity contribution is 5.85. The molecule has 0 aromatic carbocycles. The van der Waals surface area contributed by atoms with Crippen LogP contribution in [0.5, 0.6) is 0 Å². The van der Waals surface area contributed by atoms with E-state index >= 15 is 0 Å². The maximum Gasteiger partial charge on any atom is 0.0342 e. The Hall–Kier alpha value is -0.570. The van der Waals surface area contributed by atoms with Crippen molar-refractivity contribution in [1.82, 2.24) is 10.3 Å². The zero-order valence-electron chi connectivity index (χ0n) is 8.93. The number of pyridine rings is 1. The molecule has 0 saturated carbocycles. The highest BCUT2D eigenvalue weighted by atomic mass is 35.5. The van der Waals surface area contributed by atoms with E-state index in [1.54, 1.807) is 0 Å². The third-order valence-electron chi connectivity index (χ3n) is 3.19. The standard InChI is InChI=1S/C12H14N2.2ClH/c1-2-10(8-13-3-1)11-4-9-5-12(6-11)14-7-9;;/h1-4,8-9,12,14H,5-7H2;2*1H/t9-,12-;;/m1../s1. The molecule has 2 aliphatic rings. The van der Waals surface area contributed by atoms with Crippen LogP contribution in [0.4, 0.5) is 0 Å². The second-order valence-electron chi connectivity index (χ2n) is 4.24. The van der Waals surface area contributed by atoms with Gasteiger partial charge in [0.15, 0.2) is 0 Å². The van der Waals surface area contributed by atoms with Gasteiger partial charge in [0.25, 0.3) is 0 Å². The summed E-state index contributed by atoms with van der Waals surface area (Å²) in [5, 5.41) is 3.55. The number of hydrogen-bond acceptors (Lipinski definition) is 2. The Morgan fingerprint density at radius 3 is 2.88 bits per heavy atom. The van der Waals surface area contributed by atoms with Gasteiger partial charge in [0.1, 0.15) is 0 Å². The van der Waals surface area contributed by atoms with E-state index in [1.807, 2.05) is 18.5 Å². The third kappa shape index (κ3) is 2.57. The zero-order valence-corrected chi connectivity index (χ0v) is 10.6. The number of fused-ring (bicyclic) bond motifs is 2. The minimum absolute atomic E-state index is 0. The predicted octanol–water partition coefficient (Wildman–Crippen LogP) is 2.69. The molecule has 88 valence electrons. The molecule has 1 aliphatic heterocycles. The number of nitrogens with zero attached hydrogens (tertiary/aromatic N) is 1. The van der Waals surface area contributed by atoms with Gasteiger partial charge in [-0.15, -0.1) is 24.8 Å². The molecule has 3 rings (SSSR count). The lowest BCUT2D eigenvalue weighted by Crippen LogP contribution is -2.21. The fourth-order valence-electron chi connectivity index (χ4n) is 2.52. The van der Waals surface area contributed by atoms with Gasteiger partial charge in [0.05, 0.1) is 0 Å². The van der Waals surface area contributed by atoms with E-state index in [9.17, 15) is 0 Å².